The summed E-state index contributed by atoms with van der Waals surface area (Å²) in [4.78, 5) is 12.9. The molecule has 1 heterocycles. The number of anilines is 1. The van der Waals surface area contributed by atoms with Crippen molar-refractivity contribution in [1.82, 2.24) is 0 Å². The summed E-state index contributed by atoms with van der Waals surface area (Å²) in [5.74, 6) is 1.54. The molecule has 1 aliphatic heterocycles. The first-order chi connectivity index (χ1) is 10.2. The molecule has 2 aliphatic rings. The van der Waals surface area contributed by atoms with E-state index in [1.165, 1.54) is 0 Å². The number of ether oxygens (including phenoxy) is 1. The summed E-state index contributed by atoms with van der Waals surface area (Å²) in [5.41, 5.74) is 3.19. The molecule has 1 aliphatic carbocycles. The summed E-state index contributed by atoms with van der Waals surface area (Å²) in [6, 6.07) is 5.80. The van der Waals surface area contributed by atoms with Crippen LogP contribution in [0.1, 0.15) is 19.4 Å². The van der Waals surface area contributed by atoms with Gasteiger partial charge in [0.2, 0.25) is 0 Å². The minimum atomic E-state index is -0.440. The van der Waals surface area contributed by atoms with Gasteiger partial charge in [0.05, 0.1) is 0 Å². The van der Waals surface area contributed by atoms with Gasteiger partial charge in [-0.15, -0.1) is 4.91 Å². The third-order valence-electron chi connectivity index (χ3n) is 3.86. The normalized spacial score (nSPS) is 18.9. The van der Waals surface area contributed by atoms with Crippen molar-refractivity contribution >= 4 is 11.8 Å². The molecular formula is C17H18N2O2. The van der Waals surface area contributed by atoms with Gasteiger partial charge in [0, 0.05) is 36.0 Å². The third-order valence-corrected chi connectivity index (χ3v) is 3.86. The Morgan fingerprint density at radius 2 is 2.10 bits per heavy atom. The second kappa shape index (κ2) is 5.56. The number of nitroso groups, excluding NO2 is 1. The highest BCUT2D eigenvalue weighted by Gasteiger charge is 2.21. The van der Waals surface area contributed by atoms with Crippen molar-refractivity contribution in [2.45, 2.75) is 19.9 Å². The summed E-state index contributed by atoms with van der Waals surface area (Å²) < 4.78 is 5.96. The van der Waals surface area contributed by atoms with Crippen LogP contribution in [0.4, 0.5) is 5.69 Å². The summed E-state index contributed by atoms with van der Waals surface area (Å²) in [5, 5.41) is 3.04. The molecule has 4 heteroatoms. The zero-order valence-corrected chi connectivity index (χ0v) is 12.2. The fourth-order valence-corrected chi connectivity index (χ4v) is 2.67. The van der Waals surface area contributed by atoms with E-state index in [0.29, 0.717) is 5.76 Å². The molecule has 0 saturated carbocycles. The van der Waals surface area contributed by atoms with Crippen LogP contribution >= 0.6 is 0 Å². The molecule has 0 spiro atoms. The van der Waals surface area contributed by atoms with E-state index in [1.807, 2.05) is 6.08 Å². The predicted octanol–water partition coefficient (Wildman–Crippen LogP) is 3.90. The maximum atomic E-state index is 10.7. The number of fused-ring (bicyclic) bond motifs is 2. The van der Waals surface area contributed by atoms with Crippen LogP contribution in [0.5, 0.6) is 5.75 Å². The molecule has 21 heavy (non-hydrogen) atoms. The number of allylic oxidation sites excluding steroid dienone is 1. The molecule has 0 N–H and O–H groups in total. The van der Waals surface area contributed by atoms with Gasteiger partial charge in [-0.25, -0.2) is 0 Å². The lowest BCUT2D eigenvalue weighted by atomic mass is 9.99. The predicted molar refractivity (Wildman–Crippen MR) is 85.4 cm³/mol. The molecule has 0 fully saturated rings. The fourth-order valence-electron chi connectivity index (χ4n) is 2.67. The Balaban J connectivity index is 1.97. The standard InChI is InChI=1S/C17H18N2O2/c1-3-19(4-2)15-8-6-13-9-12-5-7-14(18-20)10-16(12)21-17(13)11-15/h5-11,14H,3-4H2,1-2H3. The van der Waals surface area contributed by atoms with Crippen LogP contribution in [0.25, 0.3) is 6.08 Å². The van der Waals surface area contributed by atoms with Crippen molar-refractivity contribution in [3.63, 3.8) is 0 Å². The Morgan fingerprint density at radius 3 is 2.81 bits per heavy atom. The van der Waals surface area contributed by atoms with Crippen LogP contribution in [0.3, 0.4) is 0 Å². The van der Waals surface area contributed by atoms with Crippen molar-refractivity contribution in [2.75, 3.05) is 18.0 Å². The summed E-state index contributed by atoms with van der Waals surface area (Å²) in [7, 11) is 0. The Hall–Kier alpha value is -2.36. The minimum Gasteiger partial charge on any atom is -0.456 e. The maximum Gasteiger partial charge on any atom is 0.136 e. The van der Waals surface area contributed by atoms with E-state index in [9.17, 15) is 4.91 Å². The molecule has 0 aromatic heterocycles. The smallest absolute Gasteiger partial charge is 0.136 e. The van der Waals surface area contributed by atoms with Gasteiger partial charge in [-0.2, -0.15) is 0 Å². The van der Waals surface area contributed by atoms with Crippen LogP contribution in [-0.4, -0.2) is 19.1 Å². The molecule has 108 valence electrons. The maximum absolute atomic E-state index is 10.7. The van der Waals surface area contributed by atoms with E-state index in [2.05, 4.69) is 48.2 Å². The highest BCUT2D eigenvalue weighted by molar-refractivity contribution is 5.73. The van der Waals surface area contributed by atoms with Crippen molar-refractivity contribution in [3.05, 3.63) is 58.2 Å². The number of benzene rings is 1. The van der Waals surface area contributed by atoms with Crippen LogP contribution in [0.2, 0.25) is 0 Å². The van der Waals surface area contributed by atoms with Gasteiger partial charge in [0.1, 0.15) is 17.6 Å². The highest BCUT2D eigenvalue weighted by Crippen LogP contribution is 2.36. The molecule has 1 aromatic carbocycles. The van der Waals surface area contributed by atoms with Gasteiger partial charge in [-0.1, -0.05) is 17.3 Å². The summed E-state index contributed by atoms with van der Waals surface area (Å²) in [6.07, 6.45) is 7.50. The van der Waals surface area contributed by atoms with E-state index < -0.39 is 6.04 Å². The van der Waals surface area contributed by atoms with Gasteiger partial charge in [-0.3, -0.25) is 0 Å². The molecule has 0 bridgehead atoms. The quantitative estimate of drug-likeness (QED) is 0.787. The Kier molecular flexibility index (Phi) is 3.60. The van der Waals surface area contributed by atoms with Crippen LogP contribution in [0.15, 0.2) is 52.9 Å². The average Bonchev–Trinajstić information content (AvgIpc) is 2.53. The SMILES string of the molecule is CCN(CC)c1ccc2c(c1)OC1=CC(N=O)C=CC1=C2. The average molecular weight is 282 g/mol. The molecule has 3 rings (SSSR count). The monoisotopic (exact) mass is 282 g/mol. The van der Waals surface area contributed by atoms with E-state index in [4.69, 9.17) is 4.74 Å². The fraction of sp³-hybridized carbons (Fsp3) is 0.294. The first kappa shape index (κ1) is 13.6. The van der Waals surface area contributed by atoms with Gasteiger partial charge in [0.15, 0.2) is 0 Å². The van der Waals surface area contributed by atoms with Crippen LogP contribution in [-0.2, 0) is 0 Å². The zero-order chi connectivity index (χ0) is 14.8. The van der Waals surface area contributed by atoms with E-state index in [-0.39, 0.29) is 0 Å². The third kappa shape index (κ3) is 2.49. The van der Waals surface area contributed by atoms with Crippen molar-refractivity contribution in [1.29, 1.82) is 0 Å². The first-order valence-electron chi connectivity index (χ1n) is 7.26. The van der Waals surface area contributed by atoms with Gasteiger partial charge in [-0.05, 0) is 38.1 Å². The second-order valence-corrected chi connectivity index (χ2v) is 5.08. The van der Waals surface area contributed by atoms with Crippen molar-refractivity contribution < 1.29 is 4.74 Å². The summed E-state index contributed by atoms with van der Waals surface area (Å²) in [6.45, 7) is 6.19. The van der Waals surface area contributed by atoms with Gasteiger partial charge < -0.3 is 9.64 Å². The van der Waals surface area contributed by atoms with E-state index in [1.54, 1.807) is 12.2 Å². The van der Waals surface area contributed by atoms with Gasteiger partial charge in [0.25, 0.3) is 0 Å². The lowest BCUT2D eigenvalue weighted by Crippen LogP contribution is -2.22. The molecule has 0 amide bonds. The molecule has 1 atom stereocenters. The van der Waals surface area contributed by atoms with Crippen molar-refractivity contribution in [2.24, 2.45) is 5.18 Å². The molecule has 0 radical (unpaired) electrons. The minimum absolute atomic E-state index is 0.440. The topological polar surface area (TPSA) is 41.9 Å². The Labute approximate surface area is 124 Å². The number of rotatable bonds is 4. The number of hydrogen-bond acceptors (Lipinski definition) is 4. The van der Waals surface area contributed by atoms with E-state index >= 15 is 0 Å². The Bertz CT molecular complexity index is 655. The number of hydrogen-bond donors (Lipinski definition) is 0. The molecule has 1 aromatic rings. The molecule has 1 unspecified atom stereocenters. The number of nitrogens with zero attached hydrogens (tertiary/aromatic N) is 2. The largest absolute Gasteiger partial charge is 0.456 e. The van der Waals surface area contributed by atoms with Crippen molar-refractivity contribution in [3.8, 4) is 5.75 Å². The Morgan fingerprint density at radius 1 is 1.29 bits per heavy atom. The molecule has 4 nitrogen and oxygen atoms in total. The van der Waals surface area contributed by atoms with E-state index in [0.717, 1.165) is 35.7 Å². The lowest BCUT2D eigenvalue weighted by Gasteiger charge is -2.25. The second-order valence-electron chi connectivity index (χ2n) is 5.08. The lowest BCUT2D eigenvalue weighted by molar-refractivity contribution is 0.429. The molecule has 0 saturated heterocycles. The summed E-state index contributed by atoms with van der Waals surface area (Å²) >= 11 is 0. The van der Waals surface area contributed by atoms with Gasteiger partial charge >= 0.3 is 0 Å². The zero-order valence-electron chi connectivity index (χ0n) is 12.2. The molecular weight excluding hydrogens is 264 g/mol. The van der Waals surface area contributed by atoms with Crippen LogP contribution in [0, 0.1) is 4.91 Å². The first-order valence-corrected chi connectivity index (χ1v) is 7.26. The van der Waals surface area contributed by atoms with Crippen LogP contribution < -0.4 is 9.64 Å². The highest BCUT2D eigenvalue weighted by atomic mass is 16.5.